The maximum Gasteiger partial charge on any atom is 0.221 e. The van der Waals surface area contributed by atoms with Crippen LogP contribution >= 0.6 is 0 Å². The first-order chi connectivity index (χ1) is 13.6. The molecule has 3 rings (SSSR count). The van der Waals surface area contributed by atoms with Crippen LogP contribution in [0.3, 0.4) is 0 Å². The summed E-state index contributed by atoms with van der Waals surface area (Å²) in [5.41, 5.74) is 3.31. The lowest BCUT2D eigenvalue weighted by atomic mass is 9.99. The molecule has 1 aliphatic heterocycles. The van der Waals surface area contributed by atoms with E-state index < -0.39 is 0 Å². The summed E-state index contributed by atoms with van der Waals surface area (Å²) in [4.78, 5) is 18.5. The smallest absolute Gasteiger partial charge is 0.221 e. The second-order valence-corrected chi connectivity index (χ2v) is 7.34. The molecule has 1 atom stereocenters. The predicted octanol–water partition coefficient (Wildman–Crippen LogP) is 3.68. The third-order valence-electron chi connectivity index (χ3n) is 4.95. The highest BCUT2D eigenvalue weighted by atomic mass is 16.1. The van der Waals surface area contributed by atoms with Gasteiger partial charge in [-0.15, -0.1) is 0 Å². The summed E-state index contributed by atoms with van der Waals surface area (Å²) < 4.78 is 0. The molecule has 1 fully saturated rings. The van der Waals surface area contributed by atoms with Crippen molar-refractivity contribution in [1.82, 2.24) is 10.2 Å². The van der Waals surface area contributed by atoms with Crippen molar-refractivity contribution >= 4 is 17.6 Å². The van der Waals surface area contributed by atoms with Crippen LogP contribution in [0.4, 0.5) is 5.69 Å². The number of hydrogen-bond donors (Lipinski definition) is 2. The Balaban J connectivity index is 1.62. The number of likely N-dealkylation sites (tertiary alicyclic amines) is 1. The summed E-state index contributed by atoms with van der Waals surface area (Å²) in [6.07, 6.45) is 2.31. The van der Waals surface area contributed by atoms with Crippen molar-refractivity contribution in [1.29, 1.82) is 0 Å². The molecule has 1 unspecified atom stereocenters. The van der Waals surface area contributed by atoms with Crippen molar-refractivity contribution in [2.45, 2.75) is 33.2 Å². The molecule has 1 aliphatic rings. The number of aliphatic imine (C=N–C) groups is 1. The van der Waals surface area contributed by atoms with E-state index >= 15 is 0 Å². The first kappa shape index (κ1) is 19.9. The third kappa shape index (κ3) is 5.84. The normalized spacial score (nSPS) is 16.9. The molecule has 28 heavy (non-hydrogen) atoms. The molecule has 1 heterocycles. The average molecular weight is 379 g/mol. The zero-order chi connectivity index (χ0) is 19.8. The SMILES string of the molecule is CCNC(=NCc1cccc(NC(C)=O)c1)N1CCC(Cc2ccccc2)C1. The van der Waals surface area contributed by atoms with Gasteiger partial charge in [-0.25, -0.2) is 4.99 Å². The van der Waals surface area contributed by atoms with Gasteiger partial charge in [0.2, 0.25) is 5.91 Å². The molecule has 0 spiro atoms. The molecular formula is C23H30N4O. The second kappa shape index (κ2) is 9.93. The Morgan fingerprint density at radius 3 is 2.68 bits per heavy atom. The van der Waals surface area contributed by atoms with Gasteiger partial charge < -0.3 is 15.5 Å². The Morgan fingerprint density at radius 1 is 1.14 bits per heavy atom. The van der Waals surface area contributed by atoms with Crippen LogP contribution < -0.4 is 10.6 Å². The summed E-state index contributed by atoms with van der Waals surface area (Å²) in [6.45, 7) is 7.14. The van der Waals surface area contributed by atoms with Crippen molar-refractivity contribution < 1.29 is 4.79 Å². The number of amides is 1. The standard InChI is InChI=1S/C23H30N4O/c1-3-24-23(25-16-20-10-7-11-22(15-20)26-18(2)28)27-13-12-21(17-27)14-19-8-5-4-6-9-19/h4-11,15,21H,3,12-14,16-17H2,1-2H3,(H,24,25)(H,26,28). The summed E-state index contributed by atoms with van der Waals surface area (Å²) in [7, 11) is 0. The molecule has 148 valence electrons. The molecule has 2 aromatic carbocycles. The highest BCUT2D eigenvalue weighted by Gasteiger charge is 2.24. The Bertz CT molecular complexity index is 803. The number of benzene rings is 2. The van der Waals surface area contributed by atoms with E-state index in [1.165, 1.54) is 18.9 Å². The lowest BCUT2D eigenvalue weighted by Gasteiger charge is -2.22. The van der Waals surface area contributed by atoms with Crippen LogP contribution in [-0.2, 0) is 17.8 Å². The molecule has 2 aromatic rings. The minimum atomic E-state index is -0.0597. The van der Waals surface area contributed by atoms with Crippen molar-refractivity contribution in [2.75, 3.05) is 25.0 Å². The number of anilines is 1. The number of carbonyl (C=O) groups is 1. The van der Waals surface area contributed by atoms with Crippen LogP contribution in [-0.4, -0.2) is 36.4 Å². The van der Waals surface area contributed by atoms with E-state index in [-0.39, 0.29) is 5.91 Å². The molecule has 0 aromatic heterocycles. The minimum absolute atomic E-state index is 0.0597. The molecule has 5 nitrogen and oxygen atoms in total. The number of carbonyl (C=O) groups excluding carboxylic acids is 1. The maximum absolute atomic E-state index is 11.3. The van der Waals surface area contributed by atoms with Gasteiger partial charge in [-0.2, -0.15) is 0 Å². The Labute approximate surface area is 167 Å². The number of hydrogen-bond acceptors (Lipinski definition) is 2. The highest BCUT2D eigenvalue weighted by molar-refractivity contribution is 5.88. The zero-order valence-corrected chi connectivity index (χ0v) is 16.8. The molecule has 1 amide bonds. The highest BCUT2D eigenvalue weighted by Crippen LogP contribution is 2.21. The molecule has 2 N–H and O–H groups in total. The Morgan fingerprint density at radius 2 is 1.93 bits per heavy atom. The average Bonchev–Trinajstić information content (AvgIpc) is 3.14. The number of nitrogens with zero attached hydrogens (tertiary/aromatic N) is 2. The molecule has 1 saturated heterocycles. The summed E-state index contributed by atoms with van der Waals surface area (Å²) in [6, 6.07) is 18.6. The van der Waals surface area contributed by atoms with E-state index in [9.17, 15) is 4.79 Å². The molecule has 0 radical (unpaired) electrons. The van der Waals surface area contributed by atoms with Crippen molar-refractivity contribution in [3.63, 3.8) is 0 Å². The Hall–Kier alpha value is -2.82. The first-order valence-electron chi connectivity index (χ1n) is 10.1. The number of rotatable bonds is 6. The maximum atomic E-state index is 11.3. The fourth-order valence-electron chi connectivity index (χ4n) is 3.68. The van der Waals surface area contributed by atoms with E-state index in [4.69, 9.17) is 4.99 Å². The molecule has 5 heteroatoms. The van der Waals surface area contributed by atoms with Crippen molar-refractivity contribution in [2.24, 2.45) is 10.9 Å². The van der Waals surface area contributed by atoms with Crippen LogP contribution in [0.5, 0.6) is 0 Å². The quantitative estimate of drug-likeness (QED) is 0.596. The molecular weight excluding hydrogens is 348 g/mol. The first-order valence-corrected chi connectivity index (χ1v) is 10.1. The van der Waals surface area contributed by atoms with Crippen molar-refractivity contribution in [3.05, 3.63) is 65.7 Å². The minimum Gasteiger partial charge on any atom is -0.357 e. The zero-order valence-electron chi connectivity index (χ0n) is 16.8. The van der Waals surface area contributed by atoms with Gasteiger partial charge in [-0.1, -0.05) is 42.5 Å². The van der Waals surface area contributed by atoms with E-state index in [1.54, 1.807) is 0 Å². The molecule has 0 aliphatic carbocycles. The lowest BCUT2D eigenvalue weighted by Crippen LogP contribution is -2.40. The van der Waals surface area contributed by atoms with Gasteiger partial charge in [0.15, 0.2) is 5.96 Å². The van der Waals surface area contributed by atoms with E-state index in [0.717, 1.165) is 43.3 Å². The lowest BCUT2D eigenvalue weighted by molar-refractivity contribution is -0.114. The monoisotopic (exact) mass is 378 g/mol. The largest absolute Gasteiger partial charge is 0.357 e. The fraction of sp³-hybridized carbons (Fsp3) is 0.391. The van der Waals surface area contributed by atoms with Crippen LogP contribution in [0.15, 0.2) is 59.6 Å². The van der Waals surface area contributed by atoms with Gasteiger partial charge in [-0.3, -0.25) is 4.79 Å². The third-order valence-corrected chi connectivity index (χ3v) is 4.95. The van der Waals surface area contributed by atoms with Gasteiger partial charge in [0.1, 0.15) is 0 Å². The van der Waals surface area contributed by atoms with Gasteiger partial charge in [0, 0.05) is 32.2 Å². The van der Waals surface area contributed by atoms with Crippen LogP contribution in [0.1, 0.15) is 31.4 Å². The number of guanidine groups is 1. The second-order valence-electron chi connectivity index (χ2n) is 7.34. The van der Waals surface area contributed by atoms with Gasteiger partial charge in [0.25, 0.3) is 0 Å². The van der Waals surface area contributed by atoms with Crippen LogP contribution in [0, 0.1) is 5.92 Å². The fourth-order valence-corrected chi connectivity index (χ4v) is 3.68. The van der Waals surface area contributed by atoms with E-state index in [0.29, 0.717) is 12.5 Å². The predicted molar refractivity (Wildman–Crippen MR) is 115 cm³/mol. The van der Waals surface area contributed by atoms with Crippen LogP contribution in [0.25, 0.3) is 0 Å². The van der Waals surface area contributed by atoms with Gasteiger partial charge in [-0.05, 0) is 48.9 Å². The molecule has 0 bridgehead atoms. The summed E-state index contributed by atoms with van der Waals surface area (Å²) >= 11 is 0. The van der Waals surface area contributed by atoms with Crippen LogP contribution in [0.2, 0.25) is 0 Å². The van der Waals surface area contributed by atoms with Crippen molar-refractivity contribution in [3.8, 4) is 0 Å². The van der Waals surface area contributed by atoms with E-state index in [1.807, 2.05) is 24.3 Å². The molecule has 0 saturated carbocycles. The summed E-state index contributed by atoms with van der Waals surface area (Å²) in [5, 5.41) is 6.26. The number of nitrogens with one attached hydrogen (secondary N) is 2. The van der Waals surface area contributed by atoms with E-state index in [2.05, 4.69) is 52.8 Å². The topological polar surface area (TPSA) is 56.7 Å². The summed E-state index contributed by atoms with van der Waals surface area (Å²) in [5.74, 6) is 1.58. The Kier molecular flexibility index (Phi) is 7.06. The van der Waals surface area contributed by atoms with Gasteiger partial charge in [0.05, 0.1) is 6.54 Å². The van der Waals surface area contributed by atoms with Gasteiger partial charge >= 0.3 is 0 Å².